The lowest BCUT2D eigenvalue weighted by Gasteiger charge is -2.32. The number of likely N-dealkylation sites (N-methyl/N-ethyl adjacent to an activating group) is 1. The van der Waals surface area contributed by atoms with E-state index in [-0.39, 0.29) is 25.0 Å². The lowest BCUT2D eigenvalue weighted by Crippen LogP contribution is -2.39. The summed E-state index contributed by atoms with van der Waals surface area (Å²) in [6.45, 7) is 8.11. The molecule has 1 amide bonds. The Morgan fingerprint density at radius 3 is 2.58 bits per heavy atom. The van der Waals surface area contributed by atoms with Gasteiger partial charge in [-0.1, -0.05) is 30.3 Å². The first kappa shape index (κ1) is 25.8. The van der Waals surface area contributed by atoms with Gasteiger partial charge in [0.05, 0.1) is 18.7 Å². The van der Waals surface area contributed by atoms with Crippen LogP contribution in [0.15, 0.2) is 59.2 Å². The van der Waals surface area contributed by atoms with Crippen LogP contribution in [-0.4, -0.2) is 60.6 Å². The highest BCUT2D eigenvalue weighted by Gasteiger charge is 2.27. The van der Waals surface area contributed by atoms with Crippen LogP contribution in [0, 0.1) is 0 Å². The second kappa shape index (κ2) is 11.2. The van der Waals surface area contributed by atoms with E-state index in [2.05, 4.69) is 4.90 Å². The molecule has 3 aromatic rings. The molecule has 0 N–H and O–H groups in total. The number of nitrogens with zero attached hydrogens (tertiary/aromatic N) is 2. The SMILES string of the molecule is CN(C(=O)Cc1coc2ccccc12)[C@H](CN1CCCC1)c1cccc(OCC(=O)OC(C)(C)C)c1. The number of esters is 1. The molecule has 2 aromatic carbocycles. The number of hydrogen-bond acceptors (Lipinski definition) is 6. The maximum absolute atomic E-state index is 13.4. The number of rotatable bonds is 9. The van der Waals surface area contributed by atoms with E-state index < -0.39 is 11.6 Å². The van der Waals surface area contributed by atoms with E-state index in [1.54, 1.807) is 6.26 Å². The number of para-hydroxylation sites is 1. The van der Waals surface area contributed by atoms with Gasteiger partial charge in [-0.2, -0.15) is 0 Å². The van der Waals surface area contributed by atoms with Gasteiger partial charge < -0.3 is 23.7 Å². The first-order valence-corrected chi connectivity index (χ1v) is 12.6. The minimum Gasteiger partial charge on any atom is -0.482 e. The van der Waals surface area contributed by atoms with Crippen LogP contribution >= 0.6 is 0 Å². The van der Waals surface area contributed by atoms with E-state index in [4.69, 9.17) is 13.9 Å². The van der Waals surface area contributed by atoms with E-state index in [0.29, 0.717) is 5.75 Å². The number of fused-ring (bicyclic) bond motifs is 1. The smallest absolute Gasteiger partial charge is 0.344 e. The van der Waals surface area contributed by atoms with Gasteiger partial charge in [-0.15, -0.1) is 0 Å². The van der Waals surface area contributed by atoms with Crippen LogP contribution in [0.3, 0.4) is 0 Å². The molecule has 0 radical (unpaired) electrons. The number of amides is 1. The van der Waals surface area contributed by atoms with Crippen molar-refractivity contribution in [1.29, 1.82) is 0 Å². The monoisotopic (exact) mass is 492 g/mol. The Bertz CT molecular complexity index is 1190. The van der Waals surface area contributed by atoms with Crippen molar-refractivity contribution >= 4 is 22.8 Å². The molecule has 1 aromatic heterocycles. The number of benzene rings is 2. The molecular weight excluding hydrogens is 456 g/mol. The minimum absolute atomic E-state index is 0.0193. The average molecular weight is 493 g/mol. The van der Waals surface area contributed by atoms with Crippen LogP contribution in [0.2, 0.25) is 0 Å². The molecule has 0 spiro atoms. The van der Waals surface area contributed by atoms with Crippen molar-refractivity contribution in [2.45, 2.75) is 51.7 Å². The van der Waals surface area contributed by atoms with Crippen molar-refractivity contribution in [3.8, 4) is 5.75 Å². The van der Waals surface area contributed by atoms with Gasteiger partial charge in [-0.25, -0.2) is 4.79 Å². The van der Waals surface area contributed by atoms with Crippen molar-refractivity contribution in [3.05, 3.63) is 65.9 Å². The highest BCUT2D eigenvalue weighted by Crippen LogP contribution is 2.28. The fraction of sp³-hybridized carbons (Fsp3) is 0.448. The van der Waals surface area contributed by atoms with Gasteiger partial charge in [-0.3, -0.25) is 4.79 Å². The van der Waals surface area contributed by atoms with Gasteiger partial charge in [0.2, 0.25) is 5.91 Å². The summed E-state index contributed by atoms with van der Waals surface area (Å²) in [6.07, 6.45) is 4.28. The van der Waals surface area contributed by atoms with Gasteiger partial charge in [0.25, 0.3) is 0 Å². The van der Waals surface area contributed by atoms with Gasteiger partial charge in [-0.05, 0) is 70.5 Å². The normalized spacial score (nSPS) is 15.1. The van der Waals surface area contributed by atoms with E-state index in [1.165, 1.54) is 12.8 Å². The minimum atomic E-state index is -0.563. The summed E-state index contributed by atoms with van der Waals surface area (Å²) < 4.78 is 16.7. The molecule has 7 heteroatoms. The summed E-state index contributed by atoms with van der Waals surface area (Å²) in [5, 5.41) is 0.966. The standard InChI is InChI=1S/C29H36N2O5/c1-29(2,3)36-28(33)20-34-23-11-9-10-21(16-23)25(18-31-14-7-8-15-31)30(4)27(32)17-22-19-35-26-13-6-5-12-24(22)26/h5-6,9-13,16,19,25H,7-8,14-15,17-18,20H2,1-4H3/t25-/m1/s1. The number of ether oxygens (including phenoxy) is 2. The Balaban J connectivity index is 1.50. The molecule has 1 atom stereocenters. The zero-order valence-electron chi connectivity index (χ0n) is 21.7. The Hall–Kier alpha value is -3.32. The fourth-order valence-corrected chi connectivity index (χ4v) is 4.62. The van der Waals surface area contributed by atoms with E-state index in [1.807, 2.05) is 81.2 Å². The Labute approximate surface area is 213 Å². The summed E-state index contributed by atoms with van der Waals surface area (Å²) in [5.74, 6) is 0.179. The second-order valence-electron chi connectivity index (χ2n) is 10.4. The van der Waals surface area contributed by atoms with Crippen LogP contribution in [0.4, 0.5) is 0 Å². The van der Waals surface area contributed by atoms with Gasteiger partial charge in [0.1, 0.15) is 16.9 Å². The molecule has 0 saturated carbocycles. The maximum atomic E-state index is 13.4. The first-order valence-electron chi connectivity index (χ1n) is 12.6. The number of carbonyl (C=O) groups excluding carboxylic acids is 2. The van der Waals surface area contributed by atoms with E-state index in [9.17, 15) is 9.59 Å². The maximum Gasteiger partial charge on any atom is 0.344 e. The molecular formula is C29H36N2O5. The summed E-state index contributed by atoms with van der Waals surface area (Å²) in [7, 11) is 1.86. The number of likely N-dealkylation sites (tertiary alicyclic amines) is 1. The van der Waals surface area contributed by atoms with Gasteiger partial charge in [0.15, 0.2) is 6.61 Å². The molecule has 1 aliphatic heterocycles. The fourth-order valence-electron chi connectivity index (χ4n) is 4.62. The molecule has 1 aliphatic rings. The van der Waals surface area contributed by atoms with Crippen molar-refractivity contribution < 1.29 is 23.5 Å². The molecule has 0 unspecified atom stereocenters. The molecule has 1 fully saturated rings. The Kier molecular flexibility index (Phi) is 7.99. The third-order valence-electron chi connectivity index (χ3n) is 6.41. The van der Waals surface area contributed by atoms with E-state index >= 15 is 0 Å². The van der Waals surface area contributed by atoms with Crippen molar-refractivity contribution in [3.63, 3.8) is 0 Å². The topological polar surface area (TPSA) is 72.2 Å². The third kappa shape index (κ3) is 6.66. The molecule has 0 aliphatic carbocycles. The molecule has 4 rings (SSSR count). The average Bonchev–Trinajstić information content (AvgIpc) is 3.50. The van der Waals surface area contributed by atoms with Crippen LogP contribution < -0.4 is 4.74 Å². The largest absolute Gasteiger partial charge is 0.482 e. The summed E-state index contributed by atoms with van der Waals surface area (Å²) in [6, 6.07) is 15.3. The zero-order valence-corrected chi connectivity index (χ0v) is 21.7. The predicted octanol–water partition coefficient (Wildman–Crippen LogP) is 4.99. The van der Waals surface area contributed by atoms with Crippen LogP contribution in [0.1, 0.15) is 50.8 Å². The molecule has 1 saturated heterocycles. The van der Waals surface area contributed by atoms with Crippen molar-refractivity contribution in [2.75, 3.05) is 33.3 Å². The molecule has 2 heterocycles. The number of carbonyl (C=O) groups is 2. The quantitative estimate of drug-likeness (QED) is 0.392. The molecule has 192 valence electrons. The van der Waals surface area contributed by atoms with Crippen LogP contribution in [0.5, 0.6) is 5.75 Å². The first-order chi connectivity index (χ1) is 17.2. The lowest BCUT2D eigenvalue weighted by molar-refractivity contribution is -0.157. The summed E-state index contributed by atoms with van der Waals surface area (Å²) in [4.78, 5) is 29.8. The Morgan fingerprint density at radius 1 is 1.08 bits per heavy atom. The highest BCUT2D eigenvalue weighted by atomic mass is 16.6. The summed E-state index contributed by atoms with van der Waals surface area (Å²) in [5.41, 5.74) is 2.08. The zero-order chi connectivity index (χ0) is 25.7. The van der Waals surface area contributed by atoms with Crippen molar-refractivity contribution in [2.24, 2.45) is 0 Å². The van der Waals surface area contributed by atoms with Gasteiger partial charge >= 0.3 is 5.97 Å². The van der Waals surface area contributed by atoms with Crippen LogP contribution in [-0.2, 0) is 20.7 Å². The third-order valence-corrected chi connectivity index (χ3v) is 6.41. The van der Waals surface area contributed by atoms with Gasteiger partial charge in [0, 0.05) is 24.5 Å². The lowest BCUT2D eigenvalue weighted by atomic mass is 10.0. The van der Waals surface area contributed by atoms with E-state index in [0.717, 1.165) is 41.7 Å². The predicted molar refractivity (Wildman–Crippen MR) is 139 cm³/mol. The molecule has 7 nitrogen and oxygen atoms in total. The van der Waals surface area contributed by atoms with Crippen LogP contribution in [0.25, 0.3) is 11.0 Å². The molecule has 36 heavy (non-hydrogen) atoms. The van der Waals surface area contributed by atoms with Crippen molar-refractivity contribution in [1.82, 2.24) is 9.80 Å². The number of furan rings is 1. The summed E-state index contributed by atoms with van der Waals surface area (Å²) >= 11 is 0. The highest BCUT2D eigenvalue weighted by molar-refractivity contribution is 5.87. The number of hydrogen-bond donors (Lipinski definition) is 0. The Morgan fingerprint density at radius 2 is 1.83 bits per heavy atom. The molecule has 0 bridgehead atoms. The second-order valence-corrected chi connectivity index (χ2v) is 10.4.